The van der Waals surface area contributed by atoms with Gasteiger partial charge in [-0.2, -0.15) is 0 Å². The fourth-order valence-electron chi connectivity index (χ4n) is 3.93. The average molecular weight is 418 g/mol. The predicted molar refractivity (Wildman–Crippen MR) is 121 cm³/mol. The van der Waals surface area contributed by atoms with Crippen LogP contribution in [0.25, 0.3) is 5.69 Å². The first-order chi connectivity index (χ1) is 15.0. The number of amides is 2. The van der Waals surface area contributed by atoms with E-state index in [0.29, 0.717) is 23.4 Å². The monoisotopic (exact) mass is 417 g/mol. The Kier molecular flexibility index (Phi) is 6.18. The van der Waals surface area contributed by atoms with E-state index in [1.165, 1.54) is 0 Å². The molecule has 0 aliphatic carbocycles. The number of carbonyl (C=O) groups is 2. The van der Waals surface area contributed by atoms with E-state index in [9.17, 15) is 9.59 Å². The van der Waals surface area contributed by atoms with Crippen LogP contribution >= 0.6 is 0 Å². The summed E-state index contributed by atoms with van der Waals surface area (Å²) in [5.41, 5.74) is 4.73. The number of aromatic nitrogens is 1. The topological polar surface area (TPSA) is 72.4 Å². The highest BCUT2D eigenvalue weighted by atomic mass is 16.5. The zero-order chi connectivity index (χ0) is 21.8. The van der Waals surface area contributed by atoms with Gasteiger partial charge in [0, 0.05) is 35.8 Å². The number of benzene rings is 2. The molecule has 2 N–H and O–H groups in total. The van der Waals surface area contributed by atoms with E-state index in [1.54, 1.807) is 36.4 Å². The molecule has 2 amide bonds. The molecule has 1 unspecified atom stereocenters. The number of nitrogens with zero attached hydrogens (tertiary/aromatic N) is 1. The van der Waals surface area contributed by atoms with Gasteiger partial charge < -0.3 is 19.9 Å². The number of nitrogens with one attached hydrogen (secondary N) is 2. The van der Waals surface area contributed by atoms with Gasteiger partial charge in [0.25, 0.3) is 11.8 Å². The van der Waals surface area contributed by atoms with E-state index in [4.69, 9.17) is 4.74 Å². The van der Waals surface area contributed by atoms with Gasteiger partial charge in [-0.1, -0.05) is 12.1 Å². The number of hydrogen-bond acceptors (Lipinski definition) is 3. The highest BCUT2D eigenvalue weighted by Crippen LogP contribution is 2.20. The molecule has 2 aromatic carbocycles. The first-order valence-electron chi connectivity index (χ1n) is 10.6. The maximum Gasteiger partial charge on any atom is 0.255 e. The van der Waals surface area contributed by atoms with E-state index in [2.05, 4.69) is 41.2 Å². The lowest BCUT2D eigenvalue weighted by molar-refractivity contribution is 0.0858. The summed E-state index contributed by atoms with van der Waals surface area (Å²) < 4.78 is 7.69. The molecule has 1 fully saturated rings. The van der Waals surface area contributed by atoms with Crippen LogP contribution in [-0.2, 0) is 4.74 Å². The molecule has 1 saturated heterocycles. The number of hydrogen-bond donors (Lipinski definition) is 2. The minimum Gasteiger partial charge on any atom is -0.376 e. The number of ether oxygens (including phenoxy) is 1. The predicted octanol–water partition coefficient (Wildman–Crippen LogP) is 4.26. The molecule has 2 heterocycles. The van der Waals surface area contributed by atoms with Crippen molar-refractivity contribution >= 4 is 17.5 Å². The summed E-state index contributed by atoms with van der Waals surface area (Å²) in [7, 11) is 0. The van der Waals surface area contributed by atoms with Crippen molar-refractivity contribution in [1.29, 1.82) is 0 Å². The molecule has 4 rings (SSSR count). The molecule has 0 saturated carbocycles. The molecule has 0 spiro atoms. The molecule has 6 nitrogen and oxygen atoms in total. The Labute approximate surface area is 182 Å². The minimum atomic E-state index is -0.258. The second-order valence-electron chi connectivity index (χ2n) is 7.84. The lowest BCUT2D eigenvalue weighted by Crippen LogP contribution is -2.32. The van der Waals surface area contributed by atoms with Crippen LogP contribution in [0.5, 0.6) is 0 Å². The van der Waals surface area contributed by atoms with Crippen molar-refractivity contribution in [3.8, 4) is 5.69 Å². The zero-order valence-electron chi connectivity index (χ0n) is 17.9. The maximum absolute atomic E-state index is 12.8. The third kappa shape index (κ3) is 4.70. The molecule has 160 valence electrons. The summed E-state index contributed by atoms with van der Waals surface area (Å²) in [6, 6.07) is 18.6. The molecule has 0 radical (unpaired) electrons. The summed E-state index contributed by atoms with van der Waals surface area (Å²) in [6.07, 6.45) is 2.04. The van der Waals surface area contributed by atoms with Gasteiger partial charge in [0.1, 0.15) is 0 Å². The van der Waals surface area contributed by atoms with Crippen LogP contribution in [0.3, 0.4) is 0 Å². The number of aryl methyl sites for hydroxylation is 2. The Hall–Kier alpha value is -3.38. The standard InChI is InChI=1S/C25H27N3O3/c1-17-9-10-18(2)28(17)20-13-11-19(12-14-20)24(29)27-23-8-4-3-7-22(23)25(30)26-16-21-6-5-15-31-21/h3-4,7-14,21H,5-6,15-16H2,1-2H3,(H,26,30)(H,27,29). The Morgan fingerprint density at radius 3 is 2.35 bits per heavy atom. The molecular formula is C25H27N3O3. The van der Waals surface area contributed by atoms with Gasteiger partial charge in [-0.05, 0) is 75.2 Å². The summed E-state index contributed by atoms with van der Waals surface area (Å²) in [5.74, 6) is -0.479. The van der Waals surface area contributed by atoms with Gasteiger partial charge in [-0.25, -0.2) is 0 Å². The fraction of sp³-hybridized carbons (Fsp3) is 0.280. The van der Waals surface area contributed by atoms with E-state index >= 15 is 0 Å². The second-order valence-corrected chi connectivity index (χ2v) is 7.84. The molecule has 3 aromatic rings. The maximum atomic E-state index is 12.8. The number of rotatable bonds is 6. The molecule has 6 heteroatoms. The van der Waals surface area contributed by atoms with Crippen LogP contribution in [0.2, 0.25) is 0 Å². The Morgan fingerprint density at radius 2 is 1.68 bits per heavy atom. The van der Waals surface area contributed by atoms with Gasteiger partial charge in [0.2, 0.25) is 0 Å². The molecule has 31 heavy (non-hydrogen) atoms. The van der Waals surface area contributed by atoms with Crippen LogP contribution in [0, 0.1) is 13.8 Å². The quantitative estimate of drug-likeness (QED) is 0.630. The van der Waals surface area contributed by atoms with Gasteiger partial charge in [0.15, 0.2) is 0 Å². The van der Waals surface area contributed by atoms with Crippen LogP contribution < -0.4 is 10.6 Å². The first kappa shape index (κ1) is 20.9. The van der Waals surface area contributed by atoms with Crippen molar-refractivity contribution in [2.45, 2.75) is 32.8 Å². The third-order valence-electron chi connectivity index (χ3n) is 5.59. The largest absolute Gasteiger partial charge is 0.376 e. The molecule has 1 aliphatic heterocycles. The smallest absolute Gasteiger partial charge is 0.255 e. The van der Waals surface area contributed by atoms with Crippen molar-refractivity contribution in [2.24, 2.45) is 0 Å². The fourth-order valence-corrected chi connectivity index (χ4v) is 3.93. The van der Waals surface area contributed by atoms with Gasteiger partial charge in [-0.3, -0.25) is 9.59 Å². The summed E-state index contributed by atoms with van der Waals surface area (Å²) in [6.45, 7) is 5.32. The zero-order valence-corrected chi connectivity index (χ0v) is 17.9. The third-order valence-corrected chi connectivity index (χ3v) is 5.59. The van der Waals surface area contributed by atoms with Gasteiger partial charge >= 0.3 is 0 Å². The Morgan fingerprint density at radius 1 is 0.968 bits per heavy atom. The molecule has 0 bridgehead atoms. The number of carbonyl (C=O) groups excluding carboxylic acids is 2. The van der Waals surface area contributed by atoms with Gasteiger partial charge in [-0.15, -0.1) is 0 Å². The summed E-state index contributed by atoms with van der Waals surface area (Å²) >= 11 is 0. The average Bonchev–Trinajstić information content (AvgIpc) is 3.42. The number of para-hydroxylation sites is 1. The highest BCUT2D eigenvalue weighted by Gasteiger charge is 2.19. The molecule has 1 aliphatic rings. The van der Waals surface area contributed by atoms with Crippen molar-refractivity contribution in [1.82, 2.24) is 9.88 Å². The van der Waals surface area contributed by atoms with Crippen molar-refractivity contribution in [3.63, 3.8) is 0 Å². The van der Waals surface area contributed by atoms with Crippen LogP contribution in [-0.4, -0.2) is 35.6 Å². The molecular weight excluding hydrogens is 390 g/mol. The van der Waals surface area contributed by atoms with E-state index < -0.39 is 0 Å². The Balaban J connectivity index is 1.45. The first-order valence-corrected chi connectivity index (χ1v) is 10.6. The minimum absolute atomic E-state index is 0.0665. The Bertz CT molecular complexity index is 1060. The van der Waals surface area contributed by atoms with Crippen molar-refractivity contribution < 1.29 is 14.3 Å². The van der Waals surface area contributed by atoms with E-state index in [0.717, 1.165) is 36.5 Å². The van der Waals surface area contributed by atoms with Crippen LogP contribution in [0.4, 0.5) is 5.69 Å². The van der Waals surface area contributed by atoms with Gasteiger partial charge in [0.05, 0.1) is 17.4 Å². The highest BCUT2D eigenvalue weighted by molar-refractivity contribution is 6.09. The lowest BCUT2D eigenvalue weighted by atomic mass is 10.1. The van der Waals surface area contributed by atoms with Crippen LogP contribution in [0.15, 0.2) is 60.7 Å². The van der Waals surface area contributed by atoms with E-state index in [-0.39, 0.29) is 17.9 Å². The number of anilines is 1. The second kappa shape index (κ2) is 9.18. The SMILES string of the molecule is Cc1ccc(C)n1-c1ccc(C(=O)Nc2ccccc2C(=O)NCC2CCCO2)cc1. The van der Waals surface area contributed by atoms with E-state index in [1.807, 2.05) is 12.1 Å². The molecule has 1 aromatic heterocycles. The van der Waals surface area contributed by atoms with Crippen molar-refractivity contribution in [3.05, 3.63) is 83.2 Å². The summed E-state index contributed by atoms with van der Waals surface area (Å²) in [4.78, 5) is 25.5. The van der Waals surface area contributed by atoms with Crippen molar-refractivity contribution in [2.75, 3.05) is 18.5 Å². The lowest BCUT2D eigenvalue weighted by Gasteiger charge is -2.14. The normalized spacial score (nSPS) is 15.6. The summed E-state index contributed by atoms with van der Waals surface area (Å²) in [5, 5.41) is 5.78. The molecule has 1 atom stereocenters. The van der Waals surface area contributed by atoms with Crippen LogP contribution in [0.1, 0.15) is 44.9 Å².